The molecule has 7 nitrogen and oxygen atoms in total. The van der Waals surface area contributed by atoms with E-state index in [0.29, 0.717) is 33.9 Å². The van der Waals surface area contributed by atoms with Crippen LogP contribution in [0.15, 0.2) is 30.5 Å². The number of aliphatic hydroxyl groups is 1. The molecule has 2 aromatic heterocycles. The van der Waals surface area contributed by atoms with Crippen molar-refractivity contribution >= 4 is 52.5 Å². The molecule has 0 spiro atoms. The van der Waals surface area contributed by atoms with Crippen LogP contribution >= 0.6 is 35.6 Å². The number of carboxylic acid groups (broad SMARTS) is 1. The molecule has 0 radical (unpaired) electrons. The first-order valence-corrected chi connectivity index (χ1v) is 12.9. The predicted octanol–water partition coefficient (Wildman–Crippen LogP) is 7.63. The molecule has 2 heterocycles. The van der Waals surface area contributed by atoms with Crippen LogP contribution in [0.3, 0.4) is 0 Å². The molecule has 1 aromatic carbocycles. The number of hydrogen-bond donors (Lipinski definition) is 4. The number of carboxylic acids is 1. The largest absolute Gasteiger partial charge is 0.495 e. The maximum atomic E-state index is 12.9. The number of methoxy groups -OCH3 is 1. The Morgan fingerprint density at radius 2 is 1.78 bits per heavy atom. The molecule has 0 amide bonds. The Kier molecular flexibility index (Phi) is 15.2. The Balaban J connectivity index is 0.00000201. The van der Waals surface area contributed by atoms with Gasteiger partial charge in [0.2, 0.25) is 0 Å². The fourth-order valence-electron chi connectivity index (χ4n) is 2.78. The lowest BCUT2D eigenvalue weighted by atomic mass is 10.1. The number of rotatable bonds is 6. The van der Waals surface area contributed by atoms with Crippen LogP contribution in [0.5, 0.6) is 5.75 Å². The number of aromatic nitrogens is 2. The second-order valence-corrected chi connectivity index (χ2v) is 8.22. The van der Waals surface area contributed by atoms with E-state index in [-0.39, 0.29) is 11.7 Å². The first-order chi connectivity index (χ1) is 17.5. The molecule has 0 fully saturated rings. The van der Waals surface area contributed by atoms with E-state index in [9.17, 15) is 23.1 Å². The van der Waals surface area contributed by atoms with E-state index >= 15 is 0 Å². The number of benzene rings is 1. The van der Waals surface area contributed by atoms with E-state index < -0.39 is 23.3 Å². The molecule has 0 aliphatic carbocycles. The maximum absolute atomic E-state index is 12.9. The number of nitrogens with one attached hydrogen (secondary N) is 1. The van der Waals surface area contributed by atoms with Gasteiger partial charge in [0.05, 0.1) is 23.4 Å². The summed E-state index contributed by atoms with van der Waals surface area (Å²) in [5, 5.41) is 19.8. The minimum atomic E-state index is -4.71. The average molecular weight is 582 g/mol. The number of carbonyl (C=O) groups is 1. The van der Waals surface area contributed by atoms with Gasteiger partial charge in [-0.2, -0.15) is 25.8 Å². The van der Waals surface area contributed by atoms with Gasteiger partial charge in [0.25, 0.3) is 0 Å². The average Bonchev–Trinajstić information content (AvgIpc) is 3.31. The van der Waals surface area contributed by atoms with Crippen LogP contribution < -0.4 is 10.1 Å². The van der Waals surface area contributed by atoms with Crippen molar-refractivity contribution < 1.29 is 32.9 Å². The molecular formula is C24H31ClF3N3O4S2. The van der Waals surface area contributed by atoms with Crippen molar-refractivity contribution in [3.63, 3.8) is 0 Å². The zero-order chi connectivity index (χ0) is 28.9. The minimum absolute atomic E-state index is 0.0726. The number of anilines is 2. The third-order valence-electron chi connectivity index (χ3n) is 4.27. The lowest BCUT2D eigenvalue weighted by Gasteiger charge is -2.10. The summed E-state index contributed by atoms with van der Waals surface area (Å²) in [6, 6.07) is 5.73. The SMILES string of the molecule is CC.CO.COc1ccc(-c2nc(Nc3ncc(C(F)(F)F)cc3C(=O)O)sc2C(C)C)cc1Cl.CS. The molecule has 0 aliphatic rings. The van der Waals surface area contributed by atoms with E-state index in [1.165, 1.54) is 18.4 Å². The number of nitrogens with zero attached hydrogens (tertiary/aromatic N) is 2. The van der Waals surface area contributed by atoms with Gasteiger partial charge in [-0.1, -0.05) is 39.3 Å². The number of ether oxygens (including phenoxy) is 1. The van der Waals surface area contributed by atoms with Gasteiger partial charge in [-0.3, -0.25) is 0 Å². The summed E-state index contributed by atoms with van der Waals surface area (Å²) in [5.41, 5.74) is -0.412. The summed E-state index contributed by atoms with van der Waals surface area (Å²) in [4.78, 5) is 20.6. The number of hydrogen-bond acceptors (Lipinski definition) is 8. The molecule has 3 N–H and O–H groups in total. The topological polar surface area (TPSA) is 105 Å². The van der Waals surface area contributed by atoms with Crippen molar-refractivity contribution in [3.8, 4) is 17.0 Å². The maximum Gasteiger partial charge on any atom is 0.417 e. The van der Waals surface area contributed by atoms with Crippen molar-refractivity contribution in [2.75, 3.05) is 25.8 Å². The molecule has 13 heteroatoms. The van der Waals surface area contributed by atoms with Gasteiger partial charge in [-0.05, 0) is 36.4 Å². The van der Waals surface area contributed by atoms with Gasteiger partial charge >= 0.3 is 12.1 Å². The first-order valence-electron chi connectivity index (χ1n) is 10.8. The van der Waals surface area contributed by atoms with Gasteiger partial charge in [0.1, 0.15) is 17.1 Å². The Bertz CT molecular complexity index is 1140. The minimum Gasteiger partial charge on any atom is -0.495 e. The molecule has 37 heavy (non-hydrogen) atoms. The quantitative estimate of drug-likeness (QED) is 0.222. The Labute approximate surface area is 229 Å². The molecule has 0 saturated heterocycles. The van der Waals surface area contributed by atoms with E-state index in [0.717, 1.165) is 17.6 Å². The number of aliphatic hydroxyl groups excluding tert-OH is 1. The Morgan fingerprint density at radius 1 is 1.19 bits per heavy atom. The normalized spacial score (nSPS) is 10.2. The van der Waals surface area contributed by atoms with Crippen LogP contribution in [-0.4, -0.2) is 46.6 Å². The van der Waals surface area contributed by atoms with E-state index in [1.807, 2.05) is 27.7 Å². The van der Waals surface area contributed by atoms with E-state index in [2.05, 4.69) is 27.9 Å². The monoisotopic (exact) mass is 581 g/mol. The third kappa shape index (κ3) is 9.37. The summed E-state index contributed by atoms with van der Waals surface area (Å²) in [6.07, 6.45) is -2.43. The number of halogens is 4. The van der Waals surface area contributed by atoms with Crippen LogP contribution in [0.4, 0.5) is 24.1 Å². The molecule has 3 aromatic rings. The molecule has 0 saturated carbocycles. The number of alkyl halides is 3. The molecule has 0 aliphatic heterocycles. The predicted molar refractivity (Wildman–Crippen MR) is 147 cm³/mol. The number of aromatic carboxylic acids is 1. The molecule has 0 atom stereocenters. The van der Waals surface area contributed by atoms with E-state index in [1.54, 1.807) is 24.5 Å². The van der Waals surface area contributed by atoms with Gasteiger partial charge in [0.15, 0.2) is 5.13 Å². The van der Waals surface area contributed by atoms with Crippen LogP contribution in [0.1, 0.15) is 54.4 Å². The lowest BCUT2D eigenvalue weighted by molar-refractivity contribution is -0.137. The van der Waals surface area contributed by atoms with Gasteiger partial charge < -0.3 is 20.3 Å². The second kappa shape index (κ2) is 16.3. The summed E-state index contributed by atoms with van der Waals surface area (Å²) in [7, 11) is 2.50. The van der Waals surface area contributed by atoms with Crippen LogP contribution in [0.25, 0.3) is 11.3 Å². The van der Waals surface area contributed by atoms with Crippen LogP contribution in [0.2, 0.25) is 5.02 Å². The van der Waals surface area contributed by atoms with Crippen molar-refractivity contribution in [2.24, 2.45) is 0 Å². The zero-order valence-corrected chi connectivity index (χ0v) is 23.9. The standard InChI is InChI=1S/C20H17ClF3N3O3S.C2H6.CH4O.CH4S/c1-9(2)16-15(10-4-5-14(30-3)13(21)6-10)26-19(31-16)27-17-12(18(28)29)7-11(8-25-17)20(22,23)24;3*1-2/h4-9H,1-3H3,(H,28,29)(H,25,26,27);1-2H3;2*2H,1H3. The van der Waals surface area contributed by atoms with Gasteiger partial charge in [-0.25, -0.2) is 14.8 Å². The smallest absolute Gasteiger partial charge is 0.417 e. The van der Waals surface area contributed by atoms with Crippen LogP contribution in [0, 0.1) is 0 Å². The molecule has 0 bridgehead atoms. The molecular weight excluding hydrogens is 551 g/mol. The lowest BCUT2D eigenvalue weighted by Crippen LogP contribution is -2.11. The molecule has 206 valence electrons. The van der Waals surface area contributed by atoms with Crippen molar-refractivity contribution in [1.82, 2.24) is 9.97 Å². The first kappa shape index (κ1) is 34.5. The summed E-state index contributed by atoms with van der Waals surface area (Å²) < 4.78 is 43.9. The van der Waals surface area contributed by atoms with Gasteiger partial charge in [-0.15, -0.1) is 11.3 Å². The summed E-state index contributed by atoms with van der Waals surface area (Å²) >= 11 is 11.0. The summed E-state index contributed by atoms with van der Waals surface area (Å²) in [5.74, 6) is -1.19. The van der Waals surface area contributed by atoms with Gasteiger partial charge in [0, 0.05) is 23.7 Å². The highest BCUT2D eigenvalue weighted by atomic mass is 35.5. The Morgan fingerprint density at radius 3 is 2.24 bits per heavy atom. The third-order valence-corrected chi connectivity index (χ3v) is 5.84. The summed E-state index contributed by atoms with van der Waals surface area (Å²) in [6.45, 7) is 7.93. The highest BCUT2D eigenvalue weighted by molar-refractivity contribution is 7.79. The van der Waals surface area contributed by atoms with Crippen molar-refractivity contribution in [2.45, 2.75) is 39.8 Å². The number of thiol groups is 1. The fourth-order valence-corrected chi connectivity index (χ4v) is 4.03. The van der Waals surface area contributed by atoms with Crippen molar-refractivity contribution in [1.29, 1.82) is 0 Å². The number of pyridine rings is 1. The van der Waals surface area contributed by atoms with E-state index in [4.69, 9.17) is 21.4 Å². The van der Waals surface area contributed by atoms with Crippen LogP contribution in [-0.2, 0) is 6.18 Å². The zero-order valence-electron chi connectivity index (χ0n) is 21.4. The molecule has 0 unspecified atom stereocenters. The second-order valence-electron chi connectivity index (χ2n) is 6.78. The fraction of sp³-hybridized carbons (Fsp3) is 0.375. The highest BCUT2D eigenvalue weighted by Crippen LogP contribution is 2.40. The Hall–Kier alpha value is -2.54. The number of thiazole rings is 1. The highest BCUT2D eigenvalue weighted by Gasteiger charge is 2.33. The molecule has 3 rings (SSSR count). The van der Waals surface area contributed by atoms with Crippen molar-refractivity contribution in [3.05, 3.63) is 51.5 Å².